The van der Waals surface area contributed by atoms with Gasteiger partial charge in [-0.15, -0.1) is 11.3 Å². The van der Waals surface area contributed by atoms with Gasteiger partial charge in [0.15, 0.2) is 23.0 Å². The van der Waals surface area contributed by atoms with Crippen LogP contribution in [0.25, 0.3) is 10.9 Å². The quantitative estimate of drug-likeness (QED) is 0.113. The fourth-order valence-corrected chi connectivity index (χ4v) is 5.90. The number of aromatic nitrogens is 1. The number of H-pyrrole nitrogens is 1. The number of phenolic OH excluding ortho intramolecular Hbond substituents is 4. The number of nitrogens with one attached hydrogen (secondary N) is 2. The van der Waals surface area contributed by atoms with E-state index in [4.69, 9.17) is 0 Å². The Morgan fingerprint density at radius 2 is 1.69 bits per heavy atom. The summed E-state index contributed by atoms with van der Waals surface area (Å²) in [5.41, 5.74) is 0.874. The maximum atomic E-state index is 12.9. The Hall–Kier alpha value is -4.18. The molecule has 4 aromatic rings. The lowest BCUT2D eigenvalue weighted by Gasteiger charge is -2.13. The summed E-state index contributed by atoms with van der Waals surface area (Å²) in [6.07, 6.45) is 1.55. The van der Waals surface area contributed by atoms with E-state index in [2.05, 4.69) is 21.5 Å². The third kappa shape index (κ3) is 4.67. The van der Waals surface area contributed by atoms with Gasteiger partial charge in [0, 0.05) is 29.1 Å². The number of aliphatic carboxylic acids is 1. The van der Waals surface area contributed by atoms with Crippen LogP contribution >= 0.6 is 11.3 Å². The molecule has 36 heavy (non-hydrogen) atoms. The Morgan fingerprint density at radius 1 is 1.03 bits per heavy atom. The van der Waals surface area contributed by atoms with Crippen LogP contribution in [0.4, 0.5) is 0 Å². The molecule has 2 aromatic heterocycles. The highest BCUT2D eigenvalue weighted by atomic mass is 32.2. The Kier molecular flexibility index (Phi) is 6.55. The van der Waals surface area contributed by atoms with Gasteiger partial charge in [0.1, 0.15) is 15.8 Å². The molecular formula is C24H20N2O8S2. The van der Waals surface area contributed by atoms with Gasteiger partial charge >= 0.3 is 5.97 Å². The predicted molar refractivity (Wildman–Crippen MR) is 132 cm³/mol. The molecule has 186 valence electrons. The molecule has 0 aliphatic rings. The van der Waals surface area contributed by atoms with Crippen molar-refractivity contribution in [2.45, 2.75) is 23.6 Å². The molecule has 10 nitrogen and oxygen atoms in total. The van der Waals surface area contributed by atoms with Crippen LogP contribution in [0.2, 0.25) is 0 Å². The molecule has 0 amide bonds. The second-order valence-electron chi connectivity index (χ2n) is 7.84. The molecule has 0 saturated heterocycles. The van der Waals surface area contributed by atoms with Crippen LogP contribution in [0, 0.1) is 18.8 Å². The smallest absolute Gasteiger partial charge is 0.322 e. The number of benzene rings is 2. The molecule has 12 heteroatoms. The molecule has 0 aliphatic carbocycles. The zero-order valence-corrected chi connectivity index (χ0v) is 20.2. The van der Waals surface area contributed by atoms with Gasteiger partial charge in [0.2, 0.25) is 0 Å². The third-order valence-electron chi connectivity index (χ3n) is 5.48. The summed E-state index contributed by atoms with van der Waals surface area (Å²) in [5, 5.41) is 50.2. The summed E-state index contributed by atoms with van der Waals surface area (Å²) < 4.78 is 27.8. The second-order valence-corrected chi connectivity index (χ2v) is 10.9. The van der Waals surface area contributed by atoms with Crippen molar-refractivity contribution in [2.75, 3.05) is 0 Å². The van der Waals surface area contributed by atoms with Gasteiger partial charge in [-0.1, -0.05) is 30.0 Å². The fraction of sp³-hybridized carbons (Fsp3) is 0.125. The highest BCUT2D eigenvalue weighted by molar-refractivity contribution is 7.91. The van der Waals surface area contributed by atoms with Crippen molar-refractivity contribution in [3.8, 4) is 34.8 Å². The Bertz CT molecular complexity index is 1630. The SMILES string of the molecule is Cc1c(O)c(O)c(C#Cc2ccc(S(=O)(=O)NC(Cc3c[nH]c4ccccc34)C(=O)O)s2)c(O)c1O. The average molecular weight is 529 g/mol. The van der Waals surface area contributed by atoms with Crippen LogP contribution in [-0.4, -0.2) is 50.9 Å². The van der Waals surface area contributed by atoms with E-state index in [-0.39, 0.29) is 21.1 Å². The minimum Gasteiger partial charge on any atom is -0.504 e. The molecule has 0 spiro atoms. The van der Waals surface area contributed by atoms with Crippen molar-refractivity contribution >= 4 is 38.2 Å². The highest BCUT2D eigenvalue weighted by Crippen LogP contribution is 2.45. The van der Waals surface area contributed by atoms with Crippen molar-refractivity contribution in [2.24, 2.45) is 0 Å². The fourth-order valence-electron chi connectivity index (χ4n) is 3.54. The van der Waals surface area contributed by atoms with E-state index in [9.17, 15) is 38.7 Å². The number of fused-ring (bicyclic) bond motifs is 1. The molecule has 2 heterocycles. The molecule has 0 saturated carbocycles. The standard InChI is InChI=1S/C24H20N2O8S2/c1-12-20(27)22(29)16(23(30)21(12)28)8-6-14-7-9-19(35-14)36(33,34)26-18(24(31)32)10-13-11-25-17-5-3-2-4-15(13)17/h2-5,7,9,11,18,25-30H,10H2,1H3,(H,31,32). The number of carbonyl (C=O) groups is 1. The zero-order chi connectivity index (χ0) is 26.2. The number of carboxylic acid groups (broad SMARTS) is 1. The summed E-state index contributed by atoms with van der Waals surface area (Å²) >= 11 is 0.735. The normalized spacial score (nSPS) is 12.2. The van der Waals surface area contributed by atoms with Crippen molar-refractivity contribution in [1.29, 1.82) is 0 Å². The first-order valence-electron chi connectivity index (χ1n) is 10.4. The van der Waals surface area contributed by atoms with Crippen LogP contribution < -0.4 is 4.72 Å². The summed E-state index contributed by atoms with van der Waals surface area (Å²) in [7, 11) is -4.23. The second kappa shape index (κ2) is 9.46. The molecule has 2 aromatic carbocycles. The molecular weight excluding hydrogens is 508 g/mol. The topological polar surface area (TPSA) is 180 Å². The molecule has 0 aliphatic heterocycles. The van der Waals surface area contributed by atoms with E-state index < -0.39 is 50.6 Å². The lowest BCUT2D eigenvalue weighted by Crippen LogP contribution is -2.41. The predicted octanol–water partition coefficient (Wildman–Crippen LogP) is 2.73. The number of thiophene rings is 1. The molecule has 1 atom stereocenters. The number of para-hydroxylation sites is 1. The monoisotopic (exact) mass is 528 g/mol. The van der Waals surface area contributed by atoms with Gasteiger partial charge in [0.05, 0.1) is 4.88 Å². The van der Waals surface area contributed by atoms with Gasteiger partial charge in [-0.05, 0) is 30.7 Å². The van der Waals surface area contributed by atoms with Crippen LogP contribution in [0.3, 0.4) is 0 Å². The van der Waals surface area contributed by atoms with Crippen molar-refractivity contribution in [3.05, 3.63) is 64.2 Å². The van der Waals surface area contributed by atoms with E-state index in [1.165, 1.54) is 19.1 Å². The Labute approximate surface area is 209 Å². The molecule has 7 N–H and O–H groups in total. The maximum Gasteiger partial charge on any atom is 0.322 e. The largest absolute Gasteiger partial charge is 0.504 e. The third-order valence-corrected chi connectivity index (χ3v) is 8.45. The Morgan fingerprint density at radius 3 is 2.36 bits per heavy atom. The minimum atomic E-state index is -4.23. The van der Waals surface area contributed by atoms with Crippen LogP contribution in [0.1, 0.15) is 21.6 Å². The van der Waals surface area contributed by atoms with Gasteiger partial charge < -0.3 is 30.5 Å². The maximum absolute atomic E-state index is 12.9. The van der Waals surface area contributed by atoms with E-state index in [1.54, 1.807) is 12.3 Å². The van der Waals surface area contributed by atoms with E-state index in [0.717, 1.165) is 22.2 Å². The molecule has 0 bridgehead atoms. The molecule has 0 radical (unpaired) electrons. The van der Waals surface area contributed by atoms with Gasteiger partial charge in [-0.3, -0.25) is 4.79 Å². The van der Waals surface area contributed by atoms with Crippen LogP contribution in [0.5, 0.6) is 23.0 Å². The van der Waals surface area contributed by atoms with Crippen molar-refractivity contribution in [1.82, 2.24) is 9.71 Å². The minimum absolute atomic E-state index is 0.0877. The highest BCUT2D eigenvalue weighted by Gasteiger charge is 2.27. The van der Waals surface area contributed by atoms with Gasteiger partial charge in [-0.2, -0.15) is 4.72 Å². The van der Waals surface area contributed by atoms with Crippen molar-refractivity contribution in [3.63, 3.8) is 0 Å². The number of aromatic hydroxyl groups is 4. The van der Waals surface area contributed by atoms with E-state index in [1.807, 2.05) is 18.2 Å². The summed E-state index contributed by atoms with van der Waals surface area (Å²) in [6.45, 7) is 1.29. The van der Waals surface area contributed by atoms with Gasteiger partial charge in [-0.25, -0.2) is 8.42 Å². The molecule has 1 unspecified atom stereocenters. The Balaban J connectivity index is 1.58. The van der Waals surface area contributed by atoms with E-state index in [0.29, 0.717) is 5.56 Å². The number of phenols is 4. The summed E-state index contributed by atoms with van der Waals surface area (Å²) in [5.74, 6) is 0.851. The zero-order valence-electron chi connectivity index (χ0n) is 18.6. The number of aromatic amines is 1. The van der Waals surface area contributed by atoms with Crippen molar-refractivity contribution < 1.29 is 38.7 Å². The number of rotatable bonds is 6. The molecule has 0 fully saturated rings. The first-order chi connectivity index (χ1) is 17.0. The van der Waals surface area contributed by atoms with Crippen LogP contribution in [0.15, 0.2) is 46.8 Å². The van der Waals surface area contributed by atoms with Gasteiger partial charge in [0.25, 0.3) is 10.0 Å². The number of hydrogen-bond acceptors (Lipinski definition) is 8. The lowest BCUT2D eigenvalue weighted by atomic mass is 10.1. The van der Waals surface area contributed by atoms with E-state index >= 15 is 0 Å². The molecule has 4 rings (SSSR count). The number of hydrogen-bond donors (Lipinski definition) is 7. The number of sulfonamides is 1. The first-order valence-corrected chi connectivity index (χ1v) is 12.7. The van der Waals surface area contributed by atoms with Crippen LogP contribution in [-0.2, 0) is 21.2 Å². The lowest BCUT2D eigenvalue weighted by molar-refractivity contribution is -0.138. The average Bonchev–Trinajstić information content (AvgIpc) is 3.49. The summed E-state index contributed by atoms with van der Waals surface area (Å²) in [4.78, 5) is 15.1. The number of carboxylic acids is 1. The summed E-state index contributed by atoms with van der Waals surface area (Å²) in [6, 6.07) is 8.43. The first kappa shape index (κ1) is 24.9.